The summed E-state index contributed by atoms with van der Waals surface area (Å²) in [5.41, 5.74) is 2.37. The van der Waals surface area contributed by atoms with Gasteiger partial charge in [0.15, 0.2) is 6.61 Å². The predicted molar refractivity (Wildman–Crippen MR) is 93.0 cm³/mol. The molecule has 2 heterocycles. The van der Waals surface area contributed by atoms with E-state index in [0.29, 0.717) is 11.4 Å². The molecule has 0 fully saturated rings. The van der Waals surface area contributed by atoms with Gasteiger partial charge in [0.1, 0.15) is 0 Å². The van der Waals surface area contributed by atoms with Crippen molar-refractivity contribution in [2.24, 2.45) is 0 Å². The monoisotopic (exact) mass is 346 g/mol. The molecule has 0 atom stereocenters. The van der Waals surface area contributed by atoms with Crippen LogP contribution in [0.2, 0.25) is 0 Å². The number of esters is 1. The van der Waals surface area contributed by atoms with Crippen LogP contribution in [-0.2, 0) is 11.3 Å². The van der Waals surface area contributed by atoms with Crippen LogP contribution >= 0.6 is 0 Å². The summed E-state index contributed by atoms with van der Waals surface area (Å²) in [6.45, 7) is -0.131. The molecule has 0 spiro atoms. The van der Waals surface area contributed by atoms with Gasteiger partial charge in [0, 0.05) is 11.1 Å². The fourth-order valence-corrected chi connectivity index (χ4v) is 2.52. The highest BCUT2D eigenvalue weighted by Crippen LogP contribution is 2.25. The maximum absolute atomic E-state index is 12.3. The predicted octanol–water partition coefficient (Wildman–Crippen LogP) is 4.35. The zero-order chi connectivity index (χ0) is 17.8. The van der Waals surface area contributed by atoms with Crippen LogP contribution in [0.15, 0.2) is 81.9 Å². The van der Waals surface area contributed by atoms with Crippen molar-refractivity contribution in [2.45, 2.75) is 6.61 Å². The first-order valence-corrected chi connectivity index (χ1v) is 7.99. The Labute approximate surface area is 149 Å². The van der Waals surface area contributed by atoms with E-state index in [1.54, 1.807) is 6.07 Å². The van der Waals surface area contributed by atoms with Crippen LogP contribution in [0.25, 0.3) is 22.5 Å². The second-order valence-corrected chi connectivity index (χ2v) is 5.48. The second kappa shape index (κ2) is 7.06. The molecular weight excluding hydrogens is 332 g/mol. The van der Waals surface area contributed by atoms with Crippen LogP contribution in [0.1, 0.15) is 16.4 Å². The number of hydrogen-bond acceptors (Lipinski definition) is 6. The standard InChI is InChI=1S/C20H14N2O4/c23-20(18-16(11-12-24-18)14-7-3-1-4-8-14)25-13-17-21-19(22-26-17)15-9-5-2-6-10-15/h1-12H,13H2. The van der Waals surface area contributed by atoms with Crippen LogP contribution in [0.5, 0.6) is 0 Å². The Hall–Kier alpha value is -3.67. The molecule has 0 N–H and O–H groups in total. The number of hydrogen-bond donors (Lipinski definition) is 0. The topological polar surface area (TPSA) is 78.4 Å². The van der Waals surface area contributed by atoms with Crippen molar-refractivity contribution in [3.63, 3.8) is 0 Å². The quantitative estimate of drug-likeness (QED) is 0.500. The average molecular weight is 346 g/mol. The minimum atomic E-state index is -0.590. The smallest absolute Gasteiger partial charge is 0.375 e. The Kier molecular flexibility index (Phi) is 4.30. The first-order chi connectivity index (χ1) is 12.8. The fraction of sp³-hybridized carbons (Fsp3) is 0.0500. The number of benzene rings is 2. The minimum absolute atomic E-state index is 0.131. The van der Waals surface area contributed by atoms with E-state index in [2.05, 4.69) is 10.1 Å². The number of furan rings is 1. The highest BCUT2D eigenvalue weighted by Gasteiger charge is 2.19. The zero-order valence-electron chi connectivity index (χ0n) is 13.7. The van der Waals surface area contributed by atoms with Crippen LogP contribution in [0.4, 0.5) is 0 Å². The summed E-state index contributed by atoms with van der Waals surface area (Å²) >= 11 is 0. The summed E-state index contributed by atoms with van der Waals surface area (Å²) in [6.07, 6.45) is 1.46. The van der Waals surface area contributed by atoms with E-state index < -0.39 is 5.97 Å². The second-order valence-electron chi connectivity index (χ2n) is 5.48. The molecule has 0 amide bonds. The first kappa shape index (κ1) is 15.8. The summed E-state index contributed by atoms with van der Waals surface area (Å²) in [4.78, 5) is 16.6. The van der Waals surface area contributed by atoms with Gasteiger partial charge in [-0.1, -0.05) is 65.8 Å². The minimum Gasteiger partial charge on any atom is -0.457 e. The van der Waals surface area contributed by atoms with Crippen LogP contribution < -0.4 is 0 Å². The number of aromatic nitrogens is 2. The molecule has 0 unspecified atom stereocenters. The number of carbonyl (C=O) groups is 1. The average Bonchev–Trinajstić information content (AvgIpc) is 3.37. The number of ether oxygens (including phenoxy) is 1. The van der Waals surface area contributed by atoms with E-state index in [0.717, 1.165) is 11.1 Å². The Morgan fingerprint density at radius 2 is 1.62 bits per heavy atom. The van der Waals surface area contributed by atoms with Crippen molar-refractivity contribution < 1.29 is 18.5 Å². The van der Waals surface area contributed by atoms with Gasteiger partial charge in [-0.25, -0.2) is 4.79 Å². The van der Waals surface area contributed by atoms with Crippen molar-refractivity contribution in [3.8, 4) is 22.5 Å². The molecule has 0 aliphatic carbocycles. The van der Waals surface area contributed by atoms with Gasteiger partial charge in [0.2, 0.25) is 11.6 Å². The Balaban J connectivity index is 1.46. The van der Waals surface area contributed by atoms with Gasteiger partial charge in [-0.05, 0) is 11.6 Å². The van der Waals surface area contributed by atoms with Crippen LogP contribution in [-0.4, -0.2) is 16.1 Å². The normalized spacial score (nSPS) is 10.6. The molecule has 0 aliphatic heterocycles. The van der Waals surface area contributed by atoms with Crippen molar-refractivity contribution in [2.75, 3.05) is 0 Å². The van der Waals surface area contributed by atoms with E-state index in [-0.39, 0.29) is 18.3 Å². The highest BCUT2D eigenvalue weighted by molar-refractivity contribution is 5.94. The van der Waals surface area contributed by atoms with E-state index in [4.69, 9.17) is 13.7 Å². The third kappa shape index (κ3) is 3.25. The SMILES string of the molecule is O=C(OCc1nc(-c2ccccc2)no1)c1occc1-c1ccccc1. The lowest BCUT2D eigenvalue weighted by Crippen LogP contribution is -2.05. The van der Waals surface area contributed by atoms with E-state index in [1.165, 1.54) is 6.26 Å². The summed E-state index contributed by atoms with van der Waals surface area (Å²) in [5.74, 6) is 0.206. The summed E-state index contributed by atoms with van der Waals surface area (Å²) in [7, 11) is 0. The molecule has 0 bridgehead atoms. The lowest BCUT2D eigenvalue weighted by molar-refractivity contribution is 0.0395. The zero-order valence-corrected chi connectivity index (χ0v) is 13.7. The van der Waals surface area contributed by atoms with E-state index in [9.17, 15) is 4.79 Å². The summed E-state index contributed by atoms with van der Waals surface area (Å²) in [5, 5.41) is 3.89. The van der Waals surface area contributed by atoms with Crippen molar-refractivity contribution in [1.29, 1.82) is 0 Å². The number of nitrogens with zero attached hydrogens (tertiary/aromatic N) is 2. The summed E-state index contributed by atoms with van der Waals surface area (Å²) < 4.78 is 15.7. The molecule has 4 rings (SSSR count). The van der Waals surface area contributed by atoms with Gasteiger partial charge in [-0.3, -0.25) is 0 Å². The molecule has 2 aromatic carbocycles. The fourth-order valence-electron chi connectivity index (χ4n) is 2.52. The molecule has 0 saturated heterocycles. The Bertz CT molecular complexity index is 1010. The highest BCUT2D eigenvalue weighted by atomic mass is 16.6. The third-order valence-electron chi connectivity index (χ3n) is 3.76. The Morgan fingerprint density at radius 1 is 0.923 bits per heavy atom. The largest absolute Gasteiger partial charge is 0.457 e. The molecule has 0 aliphatic rings. The first-order valence-electron chi connectivity index (χ1n) is 7.99. The molecule has 0 radical (unpaired) electrons. The van der Waals surface area contributed by atoms with E-state index >= 15 is 0 Å². The van der Waals surface area contributed by atoms with Gasteiger partial charge in [-0.15, -0.1) is 0 Å². The van der Waals surface area contributed by atoms with Crippen LogP contribution in [0, 0.1) is 0 Å². The summed E-state index contributed by atoms with van der Waals surface area (Å²) in [6, 6.07) is 20.6. The molecule has 4 aromatic rings. The van der Waals surface area contributed by atoms with Crippen molar-refractivity contribution in [1.82, 2.24) is 10.1 Å². The number of rotatable bonds is 5. The van der Waals surface area contributed by atoms with Gasteiger partial charge in [-0.2, -0.15) is 4.98 Å². The van der Waals surface area contributed by atoms with Gasteiger partial charge in [0.25, 0.3) is 5.89 Å². The molecule has 128 valence electrons. The molecule has 6 nitrogen and oxygen atoms in total. The maximum Gasteiger partial charge on any atom is 0.375 e. The third-order valence-corrected chi connectivity index (χ3v) is 3.76. The van der Waals surface area contributed by atoms with Crippen molar-refractivity contribution >= 4 is 5.97 Å². The lowest BCUT2D eigenvalue weighted by atomic mass is 10.1. The lowest BCUT2D eigenvalue weighted by Gasteiger charge is -2.02. The van der Waals surface area contributed by atoms with Crippen molar-refractivity contribution in [3.05, 3.63) is 84.6 Å². The van der Waals surface area contributed by atoms with Gasteiger partial charge >= 0.3 is 5.97 Å². The molecule has 0 saturated carbocycles. The van der Waals surface area contributed by atoms with Gasteiger partial charge in [0.05, 0.1) is 6.26 Å². The van der Waals surface area contributed by atoms with E-state index in [1.807, 2.05) is 60.7 Å². The molecular formula is C20H14N2O4. The van der Waals surface area contributed by atoms with Gasteiger partial charge < -0.3 is 13.7 Å². The van der Waals surface area contributed by atoms with Crippen LogP contribution in [0.3, 0.4) is 0 Å². The Morgan fingerprint density at radius 3 is 2.35 bits per heavy atom. The maximum atomic E-state index is 12.3. The number of carbonyl (C=O) groups excluding carboxylic acids is 1. The molecule has 26 heavy (non-hydrogen) atoms. The molecule has 2 aromatic heterocycles. The molecule has 6 heteroatoms.